The van der Waals surface area contributed by atoms with Gasteiger partial charge in [0.05, 0.1) is 16.4 Å². The van der Waals surface area contributed by atoms with Crippen LogP contribution in [0.15, 0.2) is 29.2 Å². The van der Waals surface area contributed by atoms with Crippen LogP contribution in [0, 0.1) is 11.8 Å². The van der Waals surface area contributed by atoms with E-state index in [4.69, 9.17) is 9.29 Å². The fourth-order valence-corrected chi connectivity index (χ4v) is 4.61. The Morgan fingerprint density at radius 1 is 1.16 bits per heavy atom. The van der Waals surface area contributed by atoms with Crippen LogP contribution in [0.3, 0.4) is 0 Å². The summed E-state index contributed by atoms with van der Waals surface area (Å²) in [7, 11) is -4.25. The van der Waals surface area contributed by atoms with E-state index >= 15 is 0 Å². The monoisotopic (exact) mass is 368 g/mol. The molecule has 0 aliphatic heterocycles. The first-order valence-electron chi connectivity index (χ1n) is 8.77. The number of aliphatic hydroxyl groups is 1. The van der Waals surface area contributed by atoms with Gasteiger partial charge in [-0.05, 0) is 68.7 Å². The van der Waals surface area contributed by atoms with Gasteiger partial charge in [0.25, 0.3) is 10.1 Å². The van der Waals surface area contributed by atoms with Gasteiger partial charge in [0, 0.05) is 0 Å². The minimum absolute atomic E-state index is 0.184. The Balaban J connectivity index is 1.54. The van der Waals surface area contributed by atoms with E-state index in [1.165, 1.54) is 24.3 Å². The van der Waals surface area contributed by atoms with Crippen molar-refractivity contribution in [3.05, 3.63) is 24.3 Å². The van der Waals surface area contributed by atoms with E-state index < -0.39 is 15.7 Å². The summed E-state index contributed by atoms with van der Waals surface area (Å²) in [5.74, 6) is 0.106. The summed E-state index contributed by atoms with van der Waals surface area (Å²) < 4.78 is 36.3. The van der Waals surface area contributed by atoms with E-state index in [1.54, 1.807) is 0 Å². The van der Waals surface area contributed by atoms with Crippen molar-refractivity contribution in [1.82, 2.24) is 0 Å². The molecule has 2 atom stereocenters. The standard InChI is InChI=1S/C18H24O6S/c19-17(24-15-5-7-16(8-6-15)25(21,22)23)14-4-3-13(11-14)12-18(20)9-1-2-10-18/h5-8,13-14,20H,1-4,9-12H2,(H,21,22,23). The second kappa shape index (κ2) is 7.05. The molecule has 1 aromatic carbocycles. The summed E-state index contributed by atoms with van der Waals surface area (Å²) in [5.41, 5.74) is -0.547. The van der Waals surface area contributed by atoms with Crippen LogP contribution in [0.25, 0.3) is 0 Å². The maximum atomic E-state index is 12.3. The lowest BCUT2D eigenvalue weighted by molar-refractivity contribution is -0.138. The highest BCUT2D eigenvalue weighted by molar-refractivity contribution is 7.85. The Labute approximate surface area is 147 Å². The van der Waals surface area contributed by atoms with Gasteiger partial charge in [-0.1, -0.05) is 12.8 Å². The highest BCUT2D eigenvalue weighted by atomic mass is 32.2. The Morgan fingerprint density at radius 2 is 1.80 bits per heavy atom. The molecule has 2 N–H and O–H groups in total. The third-order valence-corrected chi connectivity index (χ3v) is 6.29. The van der Waals surface area contributed by atoms with Crippen LogP contribution in [-0.2, 0) is 14.9 Å². The van der Waals surface area contributed by atoms with Gasteiger partial charge in [-0.2, -0.15) is 8.42 Å². The number of carbonyl (C=O) groups excluding carboxylic acids is 1. The molecule has 7 heteroatoms. The topological polar surface area (TPSA) is 101 Å². The van der Waals surface area contributed by atoms with Gasteiger partial charge in [-0.15, -0.1) is 0 Å². The van der Waals surface area contributed by atoms with E-state index in [1.807, 2.05) is 0 Å². The van der Waals surface area contributed by atoms with Gasteiger partial charge >= 0.3 is 5.97 Å². The Morgan fingerprint density at radius 3 is 2.40 bits per heavy atom. The average Bonchev–Trinajstić information content (AvgIpc) is 3.16. The van der Waals surface area contributed by atoms with Crippen LogP contribution in [-0.4, -0.2) is 29.6 Å². The number of hydrogen-bond donors (Lipinski definition) is 2. The zero-order chi connectivity index (χ0) is 18.1. The summed E-state index contributed by atoms with van der Waals surface area (Å²) in [6.45, 7) is 0. The number of ether oxygens (including phenoxy) is 1. The van der Waals surface area contributed by atoms with Crippen LogP contribution in [0.1, 0.15) is 51.4 Å². The molecule has 138 valence electrons. The first kappa shape index (κ1) is 18.4. The summed E-state index contributed by atoms with van der Waals surface area (Å²) >= 11 is 0. The maximum Gasteiger partial charge on any atom is 0.314 e. The van der Waals surface area contributed by atoms with Crippen molar-refractivity contribution >= 4 is 16.1 Å². The lowest BCUT2D eigenvalue weighted by Gasteiger charge is -2.25. The summed E-state index contributed by atoms with van der Waals surface area (Å²) in [6.07, 6.45) is 7.04. The van der Waals surface area contributed by atoms with Gasteiger partial charge in [0.2, 0.25) is 0 Å². The normalized spacial score (nSPS) is 25.8. The molecule has 2 aliphatic rings. The second-order valence-corrected chi connectivity index (χ2v) is 8.80. The Kier molecular flexibility index (Phi) is 5.18. The van der Waals surface area contributed by atoms with Crippen LogP contribution < -0.4 is 4.74 Å². The molecule has 2 aliphatic carbocycles. The quantitative estimate of drug-likeness (QED) is 0.471. The molecule has 0 aromatic heterocycles. The van der Waals surface area contributed by atoms with Crippen molar-refractivity contribution in [3.8, 4) is 5.75 Å². The molecular formula is C18H24O6S. The number of benzene rings is 1. The van der Waals surface area contributed by atoms with Crippen molar-refractivity contribution in [3.63, 3.8) is 0 Å². The molecule has 0 amide bonds. The Hall–Kier alpha value is -1.44. The van der Waals surface area contributed by atoms with E-state index in [9.17, 15) is 18.3 Å². The van der Waals surface area contributed by atoms with Crippen LogP contribution in [0.4, 0.5) is 0 Å². The SMILES string of the molecule is O=C(Oc1ccc(S(=O)(=O)O)cc1)C1CCC(CC2(O)CCCC2)C1. The zero-order valence-corrected chi connectivity index (χ0v) is 14.9. The highest BCUT2D eigenvalue weighted by Gasteiger charge is 2.38. The molecule has 2 saturated carbocycles. The average molecular weight is 368 g/mol. The molecule has 6 nitrogen and oxygen atoms in total. The first-order chi connectivity index (χ1) is 11.8. The molecule has 2 fully saturated rings. The number of esters is 1. The molecule has 1 aromatic rings. The first-order valence-corrected chi connectivity index (χ1v) is 10.2. The fraction of sp³-hybridized carbons (Fsp3) is 0.611. The minimum atomic E-state index is -4.25. The third kappa shape index (κ3) is 4.59. The molecule has 2 unspecified atom stereocenters. The van der Waals surface area contributed by atoms with E-state index in [0.29, 0.717) is 5.92 Å². The smallest absolute Gasteiger partial charge is 0.314 e. The molecule has 0 radical (unpaired) electrons. The zero-order valence-electron chi connectivity index (χ0n) is 14.1. The predicted molar refractivity (Wildman–Crippen MR) is 90.8 cm³/mol. The van der Waals surface area contributed by atoms with Crippen LogP contribution in [0.5, 0.6) is 5.75 Å². The maximum absolute atomic E-state index is 12.3. The predicted octanol–water partition coefficient (Wildman–Crippen LogP) is 2.95. The van der Waals surface area contributed by atoms with Gasteiger partial charge in [0.15, 0.2) is 0 Å². The lowest BCUT2D eigenvalue weighted by Crippen LogP contribution is -2.27. The summed E-state index contributed by atoms with van der Waals surface area (Å²) in [4.78, 5) is 12.1. The Bertz CT molecular complexity index is 718. The van der Waals surface area contributed by atoms with Crippen molar-refractivity contribution in [2.75, 3.05) is 0 Å². The van der Waals surface area contributed by atoms with E-state index in [0.717, 1.165) is 51.4 Å². The molecular weight excluding hydrogens is 344 g/mol. The fourth-order valence-electron chi connectivity index (χ4n) is 4.13. The van der Waals surface area contributed by atoms with Crippen molar-refractivity contribution < 1.29 is 27.6 Å². The minimum Gasteiger partial charge on any atom is -0.426 e. The second-order valence-electron chi connectivity index (χ2n) is 7.38. The van der Waals surface area contributed by atoms with Crippen molar-refractivity contribution in [2.45, 2.75) is 61.9 Å². The van der Waals surface area contributed by atoms with E-state index in [-0.39, 0.29) is 22.5 Å². The highest BCUT2D eigenvalue weighted by Crippen LogP contribution is 2.42. The van der Waals surface area contributed by atoms with Gasteiger partial charge in [-0.3, -0.25) is 9.35 Å². The largest absolute Gasteiger partial charge is 0.426 e. The molecule has 25 heavy (non-hydrogen) atoms. The van der Waals surface area contributed by atoms with Gasteiger partial charge < -0.3 is 9.84 Å². The molecule has 0 bridgehead atoms. The van der Waals surface area contributed by atoms with Crippen molar-refractivity contribution in [1.29, 1.82) is 0 Å². The van der Waals surface area contributed by atoms with E-state index in [2.05, 4.69) is 0 Å². The number of rotatable bonds is 5. The lowest BCUT2D eigenvalue weighted by atomic mass is 9.87. The molecule has 0 heterocycles. The molecule has 0 spiro atoms. The third-order valence-electron chi connectivity index (χ3n) is 5.42. The van der Waals surface area contributed by atoms with Gasteiger partial charge in [-0.25, -0.2) is 0 Å². The number of carbonyl (C=O) groups is 1. The number of hydrogen-bond acceptors (Lipinski definition) is 5. The van der Waals surface area contributed by atoms with Gasteiger partial charge in [0.1, 0.15) is 5.75 Å². The molecule has 0 saturated heterocycles. The summed E-state index contributed by atoms with van der Waals surface area (Å²) in [5, 5.41) is 10.5. The van der Waals surface area contributed by atoms with Crippen molar-refractivity contribution in [2.24, 2.45) is 11.8 Å². The molecule has 3 rings (SSSR count). The van der Waals surface area contributed by atoms with Crippen LogP contribution in [0.2, 0.25) is 0 Å². The summed E-state index contributed by atoms with van der Waals surface area (Å²) in [6, 6.07) is 5.11. The van der Waals surface area contributed by atoms with Crippen LogP contribution >= 0.6 is 0 Å².